The lowest BCUT2D eigenvalue weighted by Crippen LogP contribution is -2.44. The van der Waals surface area contributed by atoms with Crippen molar-refractivity contribution in [2.24, 2.45) is 5.92 Å². The number of piperidine rings is 1. The van der Waals surface area contributed by atoms with Crippen LogP contribution in [-0.4, -0.2) is 41.6 Å². The van der Waals surface area contributed by atoms with E-state index in [1.165, 1.54) is 0 Å². The Morgan fingerprint density at radius 3 is 2.88 bits per heavy atom. The second-order valence-electron chi connectivity index (χ2n) is 4.62. The molecule has 1 atom stereocenters. The van der Waals surface area contributed by atoms with Crippen LogP contribution in [0.1, 0.15) is 39.0 Å². The number of aliphatic carboxylic acids is 1. The Bertz CT molecular complexity index is 268. The molecular formula is C12H22N2O3. The second kappa shape index (κ2) is 7.27. The van der Waals surface area contributed by atoms with Gasteiger partial charge in [-0.1, -0.05) is 13.3 Å². The van der Waals surface area contributed by atoms with E-state index < -0.39 is 5.97 Å². The minimum atomic E-state index is -0.730. The average molecular weight is 242 g/mol. The van der Waals surface area contributed by atoms with Gasteiger partial charge in [-0.15, -0.1) is 0 Å². The molecule has 1 aliphatic heterocycles. The van der Waals surface area contributed by atoms with Crippen molar-refractivity contribution in [2.75, 3.05) is 19.8 Å². The maximum Gasteiger partial charge on any atom is 0.307 e. The molecule has 0 bridgehead atoms. The summed E-state index contributed by atoms with van der Waals surface area (Å²) in [5.41, 5.74) is 0. The zero-order valence-electron chi connectivity index (χ0n) is 10.4. The number of amides is 1. The zero-order valence-corrected chi connectivity index (χ0v) is 10.4. The van der Waals surface area contributed by atoms with Gasteiger partial charge < -0.3 is 10.4 Å². The fraction of sp³-hybridized carbons (Fsp3) is 0.833. The van der Waals surface area contributed by atoms with Crippen LogP contribution in [-0.2, 0) is 9.59 Å². The number of carboxylic acid groups (broad SMARTS) is 1. The molecule has 1 unspecified atom stereocenters. The van der Waals surface area contributed by atoms with Crippen molar-refractivity contribution < 1.29 is 14.7 Å². The predicted octanol–water partition coefficient (Wildman–Crippen LogP) is 1.05. The fourth-order valence-corrected chi connectivity index (χ4v) is 2.03. The number of rotatable bonds is 6. The summed E-state index contributed by atoms with van der Waals surface area (Å²) in [6.07, 6.45) is 4.12. The molecule has 0 aromatic carbocycles. The number of nitrogens with zero attached hydrogens (tertiary/aromatic N) is 1. The lowest BCUT2D eigenvalue weighted by molar-refractivity contribution is -0.143. The topological polar surface area (TPSA) is 69.6 Å². The van der Waals surface area contributed by atoms with Crippen molar-refractivity contribution in [2.45, 2.75) is 39.0 Å². The van der Waals surface area contributed by atoms with E-state index in [1.807, 2.05) is 4.90 Å². The molecule has 1 saturated heterocycles. The number of unbranched alkanes of at least 4 members (excludes halogenated alkanes) is 1. The standard InChI is InChI=1S/C12H22N2O3/c1-2-3-6-11(15)13-9-14-7-4-5-10(8-14)12(16)17/h10H,2-9H2,1H3,(H,13,15)(H,16,17). The molecule has 5 nitrogen and oxygen atoms in total. The summed E-state index contributed by atoms with van der Waals surface area (Å²) in [4.78, 5) is 24.3. The van der Waals surface area contributed by atoms with E-state index in [-0.39, 0.29) is 11.8 Å². The maximum atomic E-state index is 11.4. The van der Waals surface area contributed by atoms with Crippen LogP contribution in [0.4, 0.5) is 0 Å². The van der Waals surface area contributed by atoms with Gasteiger partial charge in [0.2, 0.25) is 5.91 Å². The molecule has 1 fully saturated rings. The number of hydrogen-bond acceptors (Lipinski definition) is 3. The Balaban J connectivity index is 2.22. The van der Waals surface area contributed by atoms with E-state index >= 15 is 0 Å². The molecule has 5 heteroatoms. The SMILES string of the molecule is CCCCC(=O)NCN1CCCC(C(=O)O)C1. The third-order valence-corrected chi connectivity index (χ3v) is 3.11. The minimum absolute atomic E-state index is 0.0595. The molecule has 1 rings (SSSR count). The first-order valence-corrected chi connectivity index (χ1v) is 6.35. The molecule has 17 heavy (non-hydrogen) atoms. The number of likely N-dealkylation sites (tertiary alicyclic amines) is 1. The first-order chi connectivity index (χ1) is 8.13. The summed E-state index contributed by atoms with van der Waals surface area (Å²) in [7, 11) is 0. The van der Waals surface area contributed by atoms with Crippen molar-refractivity contribution >= 4 is 11.9 Å². The maximum absolute atomic E-state index is 11.4. The molecule has 1 amide bonds. The van der Waals surface area contributed by atoms with E-state index in [0.717, 1.165) is 32.2 Å². The molecule has 1 aliphatic rings. The summed E-state index contributed by atoms with van der Waals surface area (Å²) in [5.74, 6) is -0.951. The van der Waals surface area contributed by atoms with Crippen molar-refractivity contribution in [3.8, 4) is 0 Å². The van der Waals surface area contributed by atoms with Crippen LogP contribution in [0.2, 0.25) is 0 Å². The lowest BCUT2D eigenvalue weighted by Gasteiger charge is -2.30. The lowest BCUT2D eigenvalue weighted by atomic mass is 9.99. The highest BCUT2D eigenvalue weighted by Crippen LogP contribution is 2.15. The molecule has 0 aliphatic carbocycles. The average Bonchev–Trinajstić information content (AvgIpc) is 2.34. The fourth-order valence-electron chi connectivity index (χ4n) is 2.03. The van der Waals surface area contributed by atoms with Crippen molar-refractivity contribution in [1.82, 2.24) is 10.2 Å². The number of carbonyl (C=O) groups excluding carboxylic acids is 1. The number of hydrogen-bond donors (Lipinski definition) is 2. The molecule has 0 radical (unpaired) electrons. The van der Waals surface area contributed by atoms with Crippen LogP contribution in [0.25, 0.3) is 0 Å². The number of carboxylic acids is 1. The van der Waals surface area contributed by atoms with Crippen LogP contribution in [0, 0.1) is 5.92 Å². The quantitative estimate of drug-likeness (QED) is 0.730. The van der Waals surface area contributed by atoms with Gasteiger partial charge in [0.1, 0.15) is 0 Å². The molecule has 0 aromatic rings. The van der Waals surface area contributed by atoms with Gasteiger partial charge in [0, 0.05) is 13.0 Å². The normalized spacial score (nSPS) is 21.1. The van der Waals surface area contributed by atoms with Gasteiger partial charge in [0.15, 0.2) is 0 Å². The molecule has 98 valence electrons. The Labute approximate surface area is 102 Å². The highest BCUT2D eigenvalue weighted by molar-refractivity contribution is 5.75. The molecule has 1 heterocycles. The van der Waals surface area contributed by atoms with Crippen LogP contribution in [0.15, 0.2) is 0 Å². The highest BCUT2D eigenvalue weighted by atomic mass is 16.4. The predicted molar refractivity (Wildman–Crippen MR) is 64.5 cm³/mol. The highest BCUT2D eigenvalue weighted by Gasteiger charge is 2.25. The van der Waals surface area contributed by atoms with E-state index in [2.05, 4.69) is 12.2 Å². The molecule has 0 spiro atoms. The third kappa shape index (κ3) is 5.17. The Morgan fingerprint density at radius 1 is 1.47 bits per heavy atom. The van der Waals surface area contributed by atoms with Gasteiger partial charge in [-0.05, 0) is 25.8 Å². The summed E-state index contributed by atoms with van der Waals surface area (Å²) in [6.45, 7) is 3.95. The van der Waals surface area contributed by atoms with E-state index in [1.54, 1.807) is 0 Å². The molecular weight excluding hydrogens is 220 g/mol. The van der Waals surface area contributed by atoms with Gasteiger partial charge in [0.05, 0.1) is 12.6 Å². The summed E-state index contributed by atoms with van der Waals surface area (Å²) >= 11 is 0. The van der Waals surface area contributed by atoms with Gasteiger partial charge >= 0.3 is 5.97 Å². The van der Waals surface area contributed by atoms with Crippen LogP contribution in [0.3, 0.4) is 0 Å². The van der Waals surface area contributed by atoms with Crippen molar-refractivity contribution in [3.05, 3.63) is 0 Å². The molecule has 0 aromatic heterocycles. The monoisotopic (exact) mass is 242 g/mol. The first-order valence-electron chi connectivity index (χ1n) is 6.35. The van der Waals surface area contributed by atoms with Gasteiger partial charge in [-0.2, -0.15) is 0 Å². The Hall–Kier alpha value is -1.10. The van der Waals surface area contributed by atoms with E-state index in [0.29, 0.717) is 19.6 Å². The molecule has 2 N–H and O–H groups in total. The van der Waals surface area contributed by atoms with Crippen molar-refractivity contribution in [3.63, 3.8) is 0 Å². The minimum Gasteiger partial charge on any atom is -0.481 e. The number of nitrogens with one attached hydrogen (secondary N) is 1. The summed E-state index contributed by atoms with van der Waals surface area (Å²) in [6, 6.07) is 0. The van der Waals surface area contributed by atoms with Crippen molar-refractivity contribution in [1.29, 1.82) is 0 Å². The first kappa shape index (κ1) is 14.0. The van der Waals surface area contributed by atoms with Crippen LogP contribution < -0.4 is 5.32 Å². The van der Waals surface area contributed by atoms with Gasteiger partial charge in [-0.25, -0.2) is 0 Å². The smallest absolute Gasteiger partial charge is 0.307 e. The second-order valence-corrected chi connectivity index (χ2v) is 4.62. The third-order valence-electron chi connectivity index (χ3n) is 3.11. The van der Waals surface area contributed by atoms with Gasteiger partial charge in [-0.3, -0.25) is 14.5 Å². The van der Waals surface area contributed by atoms with Gasteiger partial charge in [0.25, 0.3) is 0 Å². The van der Waals surface area contributed by atoms with Crippen LogP contribution >= 0.6 is 0 Å². The Kier molecular flexibility index (Phi) is 5.97. The Morgan fingerprint density at radius 2 is 2.24 bits per heavy atom. The summed E-state index contributed by atoms with van der Waals surface area (Å²) < 4.78 is 0. The zero-order chi connectivity index (χ0) is 12.7. The van der Waals surface area contributed by atoms with Crippen LogP contribution in [0.5, 0.6) is 0 Å². The van der Waals surface area contributed by atoms with E-state index in [9.17, 15) is 9.59 Å². The summed E-state index contributed by atoms with van der Waals surface area (Å²) in [5, 5.41) is 11.8. The molecule has 0 saturated carbocycles. The largest absolute Gasteiger partial charge is 0.481 e. The number of carbonyl (C=O) groups is 2. The van der Waals surface area contributed by atoms with E-state index in [4.69, 9.17) is 5.11 Å².